The highest BCUT2D eigenvalue weighted by molar-refractivity contribution is 7.13. The normalized spacial score (nSPS) is 12.8. The summed E-state index contributed by atoms with van der Waals surface area (Å²) in [5.41, 5.74) is -0.0967. The van der Waals surface area contributed by atoms with E-state index in [4.69, 9.17) is 5.11 Å². The molecule has 0 aliphatic carbocycles. The number of hydrogen-bond acceptors (Lipinski definition) is 4. The lowest BCUT2D eigenvalue weighted by molar-refractivity contribution is -0.143. The number of halogens is 3. The fourth-order valence-corrected chi connectivity index (χ4v) is 3.07. The zero-order valence-electron chi connectivity index (χ0n) is 14.0. The number of benzene rings is 1. The predicted octanol–water partition coefficient (Wildman–Crippen LogP) is 3.60. The monoisotopic (exact) mass is 386 g/mol. The lowest BCUT2D eigenvalue weighted by Gasteiger charge is -2.17. The number of thiazole rings is 1. The van der Waals surface area contributed by atoms with Crippen LogP contribution in [0.15, 0.2) is 29.6 Å². The number of aliphatic carboxylic acids is 1. The van der Waals surface area contributed by atoms with Gasteiger partial charge >= 0.3 is 12.1 Å². The summed E-state index contributed by atoms with van der Waals surface area (Å²) in [6.07, 6.45) is -4.59. The zero-order chi connectivity index (χ0) is 19.5. The minimum absolute atomic E-state index is 0.147. The van der Waals surface area contributed by atoms with Crippen molar-refractivity contribution in [1.29, 1.82) is 0 Å². The van der Waals surface area contributed by atoms with Crippen LogP contribution in [0.1, 0.15) is 25.1 Å². The Morgan fingerprint density at radius 1 is 1.31 bits per heavy atom. The van der Waals surface area contributed by atoms with E-state index in [9.17, 15) is 22.8 Å². The van der Waals surface area contributed by atoms with E-state index in [0.717, 1.165) is 23.5 Å². The summed E-state index contributed by atoms with van der Waals surface area (Å²) in [6.45, 7) is 3.35. The van der Waals surface area contributed by atoms with Crippen LogP contribution < -0.4 is 5.32 Å². The Morgan fingerprint density at radius 2 is 2.00 bits per heavy atom. The van der Waals surface area contributed by atoms with E-state index >= 15 is 0 Å². The molecule has 0 fully saturated rings. The lowest BCUT2D eigenvalue weighted by Crippen LogP contribution is -2.44. The van der Waals surface area contributed by atoms with E-state index in [1.54, 1.807) is 19.2 Å². The van der Waals surface area contributed by atoms with Crippen molar-refractivity contribution < 1.29 is 27.9 Å². The van der Waals surface area contributed by atoms with Gasteiger partial charge in [-0.25, -0.2) is 9.78 Å². The molecule has 2 N–H and O–H groups in total. The summed E-state index contributed by atoms with van der Waals surface area (Å²) in [6, 6.07) is 3.78. The van der Waals surface area contributed by atoms with E-state index in [2.05, 4.69) is 10.3 Å². The maximum atomic E-state index is 12.8. The number of nitrogens with zero attached hydrogens (tertiary/aromatic N) is 1. The minimum Gasteiger partial charge on any atom is -0.480 e. The predicted molar refractivity (Wildman–Crippen MR) is 90.7 cm³/mol. The smallest absolute Gasteiger partial charge is 0.416 e. The van der Waals surface area contributed by atoms with Gasteiger partial charge in [0.25, 0.3) is 0 Å². The molecule has 9 heteroatoms. The molecular formula is C17H17F3N2O3S. The molecule has 0 spiro atoms. The van der Waals surface area contributed by atoms with Crippen LogP contribution in [0.3, 0.4) is 0 Å². The number of amides is 1. The Balaban J connectivity index is 2.11. The lowest BCUT2D eigenvalue weighted by atomic mass is 10.0. The van der Waals surface area contributed by atoms with Crippen LogP contribution in [0.25, 0.3) is 10.6 Å². The van der Waals surface area contributed by atoms with Crippen molar-refractivity contribution in [3.8, 4) is 10.6 Å². The Kier molecular flexibility index (Phi) is 6.01. The van der Waals surface area contributed by atoms with Crippen molar-refractivity contribution in [2.75, 3.05) is 0 Å². The standard InChI is InChI=1S/C17H17F3N2O3S/c1-9(2)14(16(24)25)22-13(23)7-12-8-26-15(21-12)10-4-3-5-11(6-10)17(18,19)20/h3-6,8-9,14H,7H2,1-2H3,(H,22,23)(H,24,25)/t14-/m1/s1. The van der Waals surface area contributed by atoms with Crippen molar-refractivity contribution in [1.82, 2.24) is 10.3 Å². The fourth-order valence-electron chi connectivity index (χ4n) is 2.25. The highest BCUT2D eigenvalue weighted by Crippen LogP contribution is 2.33. The number of alkyl halides is 3. The molecule has 1 aromatic carbocycles. The summed E-state index contributed by atoms with van der Waals surface area (Å²) in [5.74, 6) is -1.92. The van der Waals surface area contributed by atoms with Gasteiger partial charge in [-0.2, -0.15) is 13.2 Å². The summed E-state index contributed by atoms with van der Waals surface area (Å²) >= 11 is 1.12. The number of carboxylic acids is 1. The van der Waals surface area contributed by atoms with E-state index in [-0.39, 0.29) is 12.3 Å². The number of rotatable bonds is 6. The first-order chi connectivity index (χ1) is 12.1. The van der Waals surface area contributed by atoms with Crippen molar-refractivity contribution in [3.63, 3.8) is 0 Å². The molecule has 26 heavy (non-hydrogen) atoms. The third kappa shape index (κ3) is 5.04. The Morgan fingerprint density at radius 3 is 2.58 bits per heavy atom. The molecule has 1 atom stereocenters. The van der Waals surface area contributed by atoms with Crippen molar-refractivity contribution in [2.45, 2.75) is 32.5 Å². The molecule has 5 nitrogen and oxygen atoms in total. The average Bonchev–Trinajstić information content (AvgIpc) is 3.00. The average molecular weight is 386 g/mol. The van der Waals surface area contributed by atoms with E-state index in [0.29, 0.717) is 16.3 Å². The highest BCUT2D eigenvalue weighted by Gasteiger charge is 2.30. The van der Waals surface area contributed by atoms with Gasteiger partial charge in [-0.05, 0) is 18.1 Å². The van der Waals surface area contributed by atoms with Crippen LogP contribution in [0, 0.1) is 5.92 Å². The molecule has 1 heterocycles. The minimum atomic E-state index is -4.45. The van der Waals surface area contributed by atoms with Gasteiger partial charge in [-0.15, -0.1) is 11.3 Å². The maximum absolute atomic E-state index is 12.8. The van der Waals surface area contributed by atoms with Gasteiger partial charge < -0.3 is 10.4 Å². The van der Waals surface area contributed by atoms with Crippen molar-refractivity contribution in [2.24, 2.45) is 5.92 Å². The largest absolute Gasteiger partial charge is 0.480 e. The van der Waals surface area contributed by atoms with Crippen LogP contribution in [0.2, 0.25) is 0 Å². The second-order valence-corrected chi connectivity index (χ2v) is 6.88. The third-order valence-electron chi connectivity index (χ3n) is 3.58. The fraction of sp³-hybridized carbons (Fsp3) is 0.353. The van der Waals surface area contributed by atoms with Crippen LogP contribution in [0.5, 0.6) is 0 Å². The number of carboxylic acid groups (broad SMARTS) is 1. The molecule has 140 valence electrons. The summed E-state index contributed by atoms with van der Waals surface area (Å²) in [5, 5.41) is 13.4. The maximum Gasteiger partial charge on any atom is 0.416 e. The Hall–Kier alpha value is -2.42. The molecule has 0 saturated heterocycles. The van der Waals surface area contributed by atoms with Gasteiger partial charge in [0.2, 0.25) is 5.91 Å². The molecule has 0 unspecified atom stereocenters. The second-order valence-electron chi connectivity index (χ2n) is 6.03. The first kappa shape index (κ1) is 19.9. The number of aromatic nitrogens is 1. The molecule has 0 aliphatic heterocycles. The summed E-state index contributed by atoms with van der Waals surface area (Å²) in [4.78, 5) is 27.3. The quantitative estimate of drug-likeness (QED) is 0.795. The first-order valence-electron chi connectivity index (χ1n) is 7.72. The van der Waals surface area contributed by atoms with Gasteiger partial charge in [0.15, 0.2) is 0 Å². The van der Waals surface area contributed by atoms with E-state index in [1.165, 1.54) is 12.1 Å². The Bertz CT molecular complexity index is 803. The SMILES string of the molecule is CC(C)[C@@H](NC(=O)Cc1csc(-c2cccc(C(F)(F)F)c2)n1)C(=O)O. The second kappa shape index (κ2) is 7.86. The van der Waals surface area contributed by atoms with Gasteiger partial charge in [0.1, 0.15) is 11.0 Å². The number of carbonyl (C=O) groups excluding carboxylic acids is 1. The topological polar surface area (TPSA) is 79.3 Å². The van der Waals surface area contributed by atoms with E-state index < -0.39 is 29.7 Å². The van der Waals surface area contributed by atoms with Crippen LogP contribution in [0.4, 0.5) is 13.2 Å². The molecular weight excluding hydrogens is 369 g/mol. The van der Waals surface area contributed by atoms with Crippen molar-refractivity contribution >= 4 is 23.2 Å². The molecule has 1 aromatic heterocycles. The third-order valence-corrected chi connectivity index (χ3v) is 4.52. The van der Waals surface area contributed by atoms with Crippen molar-refractivity contribution in [3.05, 3.63) is 40.9 Å². The first-order valence-corrected chi connectivity index (χ1v) is 8.60. The Labute approximate surface area is 151 Å². The van der Waals surface area contributed by atoms with Gasteiger partial charge in [0.05, 0.1) is 17.7 Å². The summed E-state index contributed by atoms with van der Waals surface area (Å²) < 4.78 is 38.4. The van der Waals surface area contributed by atoms with Gasteiger partial charge in [0, 0.05) is 10.9 Å². The summed E-state index contributed by atoms with van der Waals surface area (Å²) in [7, 11) is 0. The molecule has 0 saturated carbocycles. The molecule has 2 rings (SSSR count). The molecule has 0 radical (unpaired) electrons. The number of hydrogen-bond donors (Lipinski definition) is 2. The highest BCUT2D eigenvalue weighted by atomic mass is 32.1. The van der Waals surface area contributed by atoms with Crippen LogP contribution >= 0.6 is 11.3 Å². The van der Waals surface area contributed by atoms with Crippen LogP contribution in [-0.4, -0.2) is 28.0 Å². The van der Waals surface area contributed by atoms with E-state index in [1.807, 2.05) is 0 Å². The molecule has 0 aliphatic rings. The van der Waals surface area contributed by atoms with Gasteiger partial charge in [-0.1, -0.05) is 26.0 Å². The molecule has 1 amide bonds. The molecule has 0 bridgehead atoms. The van der Waals surface area contributed by atoms with Crippen LogP contribution in [-0.2, 0) is 22.2 Å². The van der Waals surface area contributed by atoms with Gasteiger partial charge in [-0.3, -0.25) is 4.79 Å². The molecule has 2 aromatic rings. The number of carbonyl (C=O) groups is 2. The number of nitrogens with one attached hydrogen (secondary N) is 1. The zero-order valence-corrected chi connectivity index (χ0v) is 14.8.